The molecule has 0 spiro atoms. The fourth-order valence-electron chi connectivity index (χ4n) is 2.75. The summed E-state index contributed by atoms with van der Waals surface area (Å²) >= 11 is 7.29. The van der Waals surface area contributed by atoms with E-state index in [1.807, 2.05) is 48.0 Å². The van der Waals surface area contributed by atoms with E-state index in [-0.39, 0.29) is 11.7 Å². The average molecular weight is 415 g/mol. The molecule has 3 aromatic rings. The summed E-state index contributed by atoms with van der Waals surface area (Å²) < 4.78 is 1.88. The molecule has 0 aliphatic heterocycles. The quantitative estimate of drug-likeness (QED) is 0.527. The number of aromatic nitrogens is 3. The van der Waals surface area contributed by atoms with Gasteiger partial charge in [-0.15, -0.1) is 10.2 Å². The zero-order chi connectivity index (χ0) is 20.1. The maximum atomic E-state index is 12.3. The molecule has 0 radical (unpaired) electrons. The Hall–Kier alpha value is -2.31. The summed E-state index contributed by atoms with van der Waals surface area (Å²) in [6, 6.07) is 15.5. The third-order valence-corrected chi connectivity index (χ3v) is 5.92. The van der Waals surface area contributed by atoms with Gasteiger partial charge in [0, 0.05) is 23.3 Å². The van der Waals surface area contributed by atoms with E-state index >= 15 is 0 Å². The van der Waals surface area contributed by atoms with Gasteiger partial charge in [0.05, 0.1) is 5.75 Å². The van der Waals surface area contributed by atoms with Gasteiger partial charge in [-0.1, -0.05) is 49.3 Å². The zero-order valence-electron chi connectivity index (χ0n) is 16.1. The highest BCUT2D eigenvalue weighted by Gasteiger charge is 2.13. The highest BCUT2D eigenvalue weighted by molar-refractivity contribution is 7.99. The third-order valence-electron chi connectivity index (χ3n) is 4.65. The van der Waals surface area contributed by atoms with Gasteiger partial charge in [-0.3, -0.25) is 4.79 Å². The largest absolute Gasteiger partial charge is 0.325 e. The lowest BCUT2D eigenvalue weighted by Crippen LogP contribution is -2.14. The number of nitrogens with zero attached hydrogens (tertiary/aromatic N) is 3. The summed E-state index contributed by atoms with van der Waals surface area (Å²) in [5.41, 5.74) is 3.01. The number of carbonyl (C=O) groups excluding carboxylic acids is 1. The van der Waals surface area contributed by atoms with Crippen LogP contribution in [0.25, 0.3) is 11.4 Å². The van der Waals surface area contributed by atoms with E-state index in [9.17, 15) is 4.79 Å². The lowest BCUT2D eigenvalue weighted by atomic mass is 9.99. The Morgan fingerprint density at radius 3 is 2.46 bits per heavy atom. The molecule has 0 fully saturated rings. The van der Waals surface area contributed by atoms with Gasteiger partial charge in [-0.25, -0.2) is 0 Å². The SMILES string of the molecule is CC[C@@H](C)c1ccc(NC(=O)CSc2nnc(-c3ccc(Cl)cc3)n2C)cc1. The second-order valence-corrected chi connectivity index (χ2v) is 8.02. The highest BCUT2D eigenvalue weighted by atomic mass is 35.5. The Morgan fingerprint density at radius 1 is 1.14 bits per heavy atom. The zero-order valence-corrected chi connectivity index (χ0v) is 17.7. The Kier molecular flexibility index (Phi) is 6.75. The van der Waals surface area contributed by atoms with E-state index in [2.05, 4.69) is 41.5 Å². The number of anilines is 1. The maximum absolute atomic E-state index is 12.3. The average Bonchev–Trinajstić information content (AvgIpc) is 3.07. The van der Waals surface area contributed by atoms with Gasteiger partial charge in [0.2, 0.25) is 5.91 Å². The number of carbonyl (C=O) groups is 1. The first kappa shape index (κ1) is 20.4. The van der Waals surface area contributed by atoms with Crippen LogP contribution in [0.3, 0.4) is 0 Å². The second kappa shape index (κ2) is 9.26. The van der Waals surface area contributed by atoms with Crippen molar-refractivity contribution in [3.63, 3.8) is 0 Å². The van der Waals surface area contributed by atoms with Crippen LogP contribution in [0.15, 0.2) is 53.7 Å². The second-order valence-electron chi connectivity index (χ2n) is 6.64. The molecule has 2 aromatic carbocycles. The molecule has 1 amide bonds. The standard InChI is InChI=1S/C21H23ClN4OS/c1-4-14(2)15-7-11-18(12-8-15)23-19(27)13-28-21-25-24-20(26(21)3)16-5-9-17(22)10-6-16/h5-12,14H,4,13H2,1-3H3,(H,23,27)/t14-/m1/s1. The van der Waals surface area contributed by atoms with E-state index in [1.165, 1.54) is 17.3 Å². The number of thioether (sulfide) groups is 1. The molecule has 146 valence electrons. The predicted octanol–water partition coefficient (Wildman–Crippen LogP) is 5.38. The first-order chi connectivity index (χ1) is 13.5. The molecule has 0 bridgehead atoms. The summed E-state index contributed by atoms with van der Waals surface area (Å²) in [6.45, 7) is 4.37. The maximum Gasteiger partial charge on any atom is 0.234 e. The molecule has 1 aromatic heterocycles. The molecule has 1 N–H and O–H groups in total. The van der Waals surface area contributed by atoms with E-state index in [0.717, 1.165) is 23.5 Å². The number of hydrogen-bond donors (Lipinski definition) is 1. The van der Waals surface area contributed by atoms with Crippen molar-refractivity contribution in [1.82, 2.24) is 14.8 Å². The number of halogens is 1. The van der Waals surface area contributed by atoms with Gasteiger partial charge >= 0.3 is 0 Å². The van der Waals surface area contributed by atoms with Crippen LogP contribution in [0.5, 0.6) is 0 Å². The summed E-state index contributed by atoms with van der Waals surface area (Å²) in [7, 11) is 1.89. The molecule has 5 nitrogen and oxygen atoms in total. The topological polar surface area (TPSA) is 59.8 Å². The van der Waals surface area contributed by atoms with Crippen LogP contribution >= 0.6 is 23.4 Å². The molecule has 3 rings (SSSR count). The van der Waals surface area contributed by atoms with Crippen molar-refractivity contribution in [3.05, 3.63) is 59.1 Å². The van der Waals surface area contributed by atoms with Gasteiger partial charge in [0.1, 0.15) is 0 Å². The first-order valence-electron chi connectivity index (χ1n) is 9.16. The number of rotatable bonds is 7. The fourth-order valence-corrected chi connectivity index (χ4v) is 3.59. The minimum Gasteiger partial charge on any atom is -0.325 e. The van der Waals surface area contributed by atoms with E-state index < -0.39 is 0 Å². The number of amides is 1. The minimum absolute atomic E-state index is 0.0719. The molecule has 1 atom stereocenters. The summed E-state index contributed by atoms with van der Waals surface area (Å²) in [6.07, 6.45) is 1.10. The van der Waals surface area contributed by atoms with Gasteiger partial charge in [-0.05, 0) is 54.3 Å². The van der Waals surface area contributed by atoms with E-state index in [0.29, 0.717) is 16.1 Å². The van der Waals surface area contributed by atoms with Crippen molar-refractivity contribution in [3.8, 4) is 11.4 Å². The van der Waals surface area contributed by atoms with Crippen LogP contribution < -0.4 is 5.32 Å². The van der Waals surface area contributed by atoms with Gasteiger partial charge in [-0.2, -0.15) is 0 Å². The molecule has 0 unspecified atom stereocenters. The number of benzene rings is 2. The Labute approximate surface area is 174 Å². The lowest BCUT2D eigenvalue weighted by Gasteiger charge is -2.10. The molecular weight excluding hydrogens is 392 g/mol. The predicted molar refractivity (Wildman–Crippen MR) is 116 cm³/mol. The Morgan fingerprint density at radius 2 is 1.82 bits per heavy atom. The molecule has 28 heavy (non-hydrogen) atoms. The fraction of sp³-hybridized carbons (Fsp3) is 0.286. The summed E-state index contributed by atoms with van der Waals surface area (Å²) in [5, 5.41) is 12.7. The van der Waals surface area contributed by atoms with Crippen molar-refractivity contribution in [2.75, 3.05) is 11.1 Å². The van der Waals surface area contributed by atoms with Crippen LogP contribution in [0.1, 0.15) is 31.7 Å². The van der Waals surface area contributed by atoms with Crippen molar-refractivity contribution in [1.29, 1.82) is 0 Å². The van der Waals surface area contributed by atoms with Crippen molar-refractivity contribution in [2.24, 2.45) is 7.05 Å². The smallest absolute Gasteiger partial charge is 0.234 e. The molecule has 0 aliphatic carbocycles. The van der Waals surface area contributed by atoms with Crippen LogP contribution in [0.2, 0.25) is 5.02 Å². The van der Waals surface area contributed by atoms with Crippen molar-refractivity contribution >= 4 is 35.0 Å². The van der Waals surface area contributed by atoms with Crippen molar-refractivity contribution < 1.29 is 4.79 Å². The van der Waals surface area contributed by atoms with Crippen LogP contribution in [-0.4, -0.2) is 26.4 Å². The van der Waals surface area contributed by atoms with E-state index in [1.54, 1.807) is 0 Å². The molecule has 0 aliphatic rings. The summed E-state index contributed by atoms with van der Waals surface area (Å²) in [4.78, 5) is 12.3. The van der Waals surface area contributed by atoms with Gasteiger partial charge < -0.3 is 9.88 Å². The highest BCUT2D eigenvalue weighted by Crippen LogP contribution is 2.24. The van der Waals surface area contributed by atoms with Crippen LogP contribution in [0, 0.1) is 0 Å². The molecular formula is C21H23ClN4OS. The summed E-state index contributed by atoms with van der Waals surface area (Å²) in [5.74, 6) is 1.45. The molecule has 1 heterocycles. The first-order valence-corrected chi connectivity index (χ1v) is 10.5. The third kappa shape index (κ3) is 4.94. The molecule has 0 saturated heterocycles. The van der Waals surface area contributed by atoms with E-state index in [4.69, 9.17) is 11.6 Å². The molecule has 0 saturated carbocycles. The Bertz CT molecular complexity index is 938. The number of nitrogens with one attached hydrogen (secondary N) is 1. The molecule has 7 heteroatoms. The minimum atomic E-state index is -0.0719. The van der Waals surface area contributed by atoms with Crippen LogP contribution in [0.4, 0.5) is 5.69 Å². The van der Waals surface area contributed by atoms with Gasteiger partial charge in [0.15, 0.2) is 11.0 Å². The van der Waals surface area contributed by atoms with Gasteiger partial charge in [0.25, 0.3) is 0 Å². The number of hydrogen-bond acceptors (Lipinski definition) is 4. The monoisotopic (exact) mass is 414 g/mol. The lowest BCUT2D eigenvalue weighted by molar-refractivity contribution is -0.113. The van der Waals surface area contributed by atoms with Crippen molar-refractivity contribution in [2.45, 2.75) is 31.3 Å². The Balaban J connectivity index is 1.58. The normalized spacial score (nSPS) is 12.0. The van der Waals surface area contributed by atoms with Crippen LogP contribution in [-0.2, 0) is 11.8 Å².